The van der Waals surface area contributed by atoms with Gasteiger partial charge in [-0.05, 0) is 48.5 Å². The highest BCUT2D eigenvalue weighted by atomic mass is 16.7. The summed E-state index contributed by atoms with van der Waals surface area (Å²) < 4.78 is 0. The van der Waals surface area contributed by atoms with Crippen molar-refractivity contribution in [2.45, 2.75) is 24.0 Å². The zero-order valence-electron chi connectivity index (χ0n) is 17.9. The van der Waals surface area contributed by atoms with E-state index >= 15 is 0 Å². The molecule has 7 heterocycles. The van der Waals surface area contributed by atoms with Gasteiger partial charge in [0.15, 0.2) is 0 Å². The van der Waals surface area contributed by atoms with Crippen LogP contribution in [0.25, 0.3) is 22.1 Å². The number of H-pyrrole nitrogens is 2. The summed E-state index contributed by atoms with van der Waals surface area (Å²) in [6.45, 7) is 1.65. The Hall–Kier alpha value is -3.04. The third-order valence-corrected chi connectivity index (χ3v) is 6.76. The van der Waals surface area contributed by atoms with Crippen molar-refractivity contribution in [3.63, 3.8) is 0 Å². The van der Waals surface area contributed by atoms with Crippen molar-refractivity contribution in [1.82, 2.24) is 30.1 Å². The molecule has 4 aliphatic heterocycles. The van der Waals surface area contributed by atoms with Crippen molar-refractivity contribution < 1.29 is 9.68 Å². The average Bonchev–Trinajstić information content (AvgIpc) is 3.55. The first-order valence-corrected chi connectivity index (χ1v) is 11.0. The summed E-state index contributed by atoms with van der Waals surface area (Å²) in [5.74, 6) is 0.447. The lowest BCUT2D eigenvalue weighted by Crippen LogP contribution is -2.12. The van der Waals surface area contributed by atoms with E-state index in [2.05, 4.69) is 58.5 Å². The first-order valence-electron chi connectivity index (χ1n) is 11.0. The van der Waals surface area contributed by atoms with Crippen LogP contribution >= 0.6 is 0 Å². The minimum Gasteiger partial charge on any atom is -0.355 e. The number of likely N-dealkylation sites (N-methyl/N-ethyl adjacent to an activating group) is 2. The van der Waals surface area contributed by atoms with E-state index in [1.807, 2.05) is 24.2 Å². The largest absolute Gasteiger partial charge is 0.355 e. The van der Waals surface area contributed by atoms with E-state index in [1.165, 1.54) is 0 Å². The van der Waals surface area contributed by atoms with Crippen LogP contribution in [0, 0.1) is 0 Å². The fourth-order valence-electron chi connectivity index (χ4n) is 5.32. The lowest BCUT2D eigenvalue weighted by molar-refractivity contribution is -0.129. The first-order chi connectivity index (χ1) is 15.6. The third kappa shape index (κ3) is 2.91. The fraction of sp³-hybridized carbons (Fsp3) is 0.333. The van der Waals surface area contributed by atoms with Crippen LogP contribution in [0.3, 0.4) is 0 Å². The normalized spacial score (nSPS) is 27.6. The molecule has 162 valence electrons. The van der Waals surface area contributed by atoms with Gasteiger partial charge in [0.25, 0.3) is 0 Å². The smallest absolute Gasteiger partial charge is 0.131 e. The predicted molar refractivity (Wildman–Crippen MR) is 119 cm³/mol. The molecule has 32 heavy (non-hydrogen) atoms. The predicted octanol–water partition coefficient (Wildman–Crippen LogP) is 3.72. The van der Waals surface area contributed by atoms with Gasteiger partial charge in [-0.25, -0.2) is 0 Å². The molecule has 0 spiro atoms. The zero-order chi connectivity index (χ0) is 21.4. The van der Waals surface area contributed by atoms with Crippen LogP contribution in [-0.2, 0) is 9.68 Å². The fourth-order valence-corrected chi connectivity index (χ4v) is 5.32. The monoisotopic (exact) mass is 428 g/mol. The minimum absolute atomic E-state index is 0.0576. The summed E-state index contributed by atoms with van der Waals surface area (Å²) in [5, 5.41) is 3.82. The highest BCUT2D eigenvalue weighted by Crippen LogP contribution is 2.44. The lowest BCUT2D eigenvalue weighted by atomic mass is 10.0. The van der Waals surface area contributed by atoms with E-state index in [0.29, 0.717) is 0 Å². The maximum atomic E-state index is 6.08. The second kappa shape index (κ2) is 6.73. The molecule has 8 nitrogen and oxygen atoms in total. The number of nitrogens with one attached hydrogen (secondary N) is 2. The van der Waals surface area contributed by atoms with Gasteiger partial charge in [0.1, 0.15) is 12.2 Å². The van der Waals surface area contributed by atoms with E-state index in [1.54, 1.807) is 0 Å². The van der Waals surface area contributed by atoms with Gasteiger partial charge < -0.3 is 9.97 Å². The highest BCUT2D eigenvalue weighted by molar-refractivity contribution is 5.62. The van der Waals surface area contributed by atoms with Crippen LogP contribution in [0.2, 0.25) is 0 Å². The van der Waals surface area contributed by atoms with E-state index in [0.717, 1.165) is 57.9 Å². The van der Waals surface area contributed by atoms with Crippen molar-refractivity contribution in [3.05, 3.63) is 71.3 Å². The standard InChI is InChI=1S/C24H24N6O2/c1-29-11-17-19-7-13-3-4-14(25-13)8-20-18-12-30(2)32-24(18)22(28-20)10-16-6-5-15(26-16)9-21(27-19)23(17)31-29/h3-10,17-18,23-26H,11-12H2,1-2H3. The molecule has 8 heteroatoms. The molecular formula is C24H24N6O2. The van der Waals surface area contributed by atoms with Crippen molar-refractivity contribution in [2.24, 2.45) is 0 Å². The van der Waals surface area contributed by atoms with Crippen LogP contribution in [0.15, 0.2) is 48.5 Å². The molecule has 0 amide bonds. The van der Waals surface area contributed by atoms with Crippen LogP contribution in [0.4, 0.5) is 0 Å². The Kier molecular flexibility index (Phi) is 3.89. The minimum atomic E-state index is -0.0576. The van der Waals surface area contributed by atoms with Crippen LogP contribution in [0.1, 0.15) is 46.8 Å². The molecule has 3 aromatic heterocycles. The summed E-state index contributed by atoms with van der Waals surface area (Å²) in [6.07, 6.45) is -0.115. The molecule has 0 saturated carbocycles. The Morgan fingerprint density at radius 3 is 1.44 bits per heavy atom. The maximum absolute atomic E-state index is 6.08. The van der Waals surface area contributed by atoms with E-state index in [9.17, 15) is 0 Å². The summed E-state index contributed by atoms with van der Waals surface area (Å²) in [5.41, 5.74) is 8.04. The molecule has 0 aromatic carbocycles. The number of hydrogen-bond acceptors (Lipinski definition) is 6. The maximum Gasteiger partial charge on any atom is 0.131 e. The van der Waals surface area contributed by atoms with Crippen LogP contribution < -0.4 is 0 Å². The second-order valence-corrected chi connectivity index (χ2v) is 9.12. The van der Waals surface area contributed by atoms with Gasteiger partial charge in [-0.15, -0.1) is 0 Å². The molecule has 4 aliphatic rings. The number of aromatic amines is 2. The van der Waals surface area contributed by atoms with Gasteiger partial charge in [0.05, 0.1) is 34.6 Å². The summed E-state index contributed by atoms with van der Waals surface area (Å²) in [4.78, 5) is 29.1. The molecule has 4 unspecified atom stereocenters. The van der Waals surface area contributed by atoms with Crippen molar-refractivity contribution in [2.75, 3.05) is 27.2 Å². The number of nitrogens with zero attached hydrogens (tertiary/aromatic N) is 4. The van der Waals surface area contributed by atoms with Crippen molar-refractivity contribution in [3.8, 4) is 0 Å². The molecule has 0 radical (unpaired) electrons. The average molecular weight is 428 g/mol. The molecule has 3 aromatic rings. The molecule has 0 aliphatic carbocycles. The zero-order valence-corrected chi connectivity index (χ0v) is 17.9. The molecule has 7 rings (SSSR count). The molecule has 8 bridgehead atoms. The third-order valence-electron chi connectivity index (χ3n) is 6.76. The number of aromatic nitrogens is 4. The van der Waals surface area contributed by atoms with Gasteiger partial charge in [-0.2, -0.15) is 10.1 Å². The Balaban J connectivity index is 1.49. The number of rotatable bonds is 0. The van der Waals surface area contributed by atoms with Gasteiger partial charge >= 0.3 is 0 Å². The molecule has 2 saturated heterocycles. The van der Waals surface area contributed by atoms with E-state index in [-0.39, 0.29) is 24.0 Å². The summed E-state index contributed by atoms with van der Waals surface area (Å²) >= 11 is 0. The van der Waals surface area contributed by atoms with Gasteiger partial charge in [-0.3, -0.25) is 19.6 Å². The topological polar surface area (TPSA) is 82.3 Å². The van der Waals surface area contributed by atoms with E-state index < -0.39 is 0 Å². The Labute approximate surface area is 184 Å². The van der Waals surface area contributed by atoms with Crippen molar-refractivity contribution in [1.29, 1.82) is 0 Å². The summed E-state index contributed by atoms with van der Waals surface area (Å²) in [7, 11) is 3.96. The second-order valence-electron chi connectivity index (χ2n) is 9.12. The highest BCUT2D eigenvalue weighted by Gasteiger charge is 2.41. The Bertz CT molecular complexity index is 1180. The van der Waals surface area contributed by atoms with Crippen molar-refractivity contribution >= 4 is 22.1 Å². The lowest BCUT2D eigenvalue weighted by Gasteiger charge is -2.08. The molecule has 4 atom stereocenters. The number of fused-ring (bicyclic) bond motifs is 14. The molecular weight excluding hydrogens is 404 g/mol. The van der Waals surface area contributed by atoms with Gasteiger partial charge in [0.2, 0.25) is 0 Å². The van der Waals surface area contributed by atoms with Crippen LogP contribution in [0.5, 0.6) is 0 Å². The van der Waals surface area contributed by atoms with E-state index in [4.69, 9.17) is 19.6 Å². The quantitative estimate of drug-likeness (QED) is 0.568. The van der Waals surface area contributed by atoms with Gasteiger partial charge in [0, 0.05) is 49.3 Å². The number of hydroxylamine groups is 4. The number of hydrogen-bond donors (Lipinski definition) is 2. The first kappa shape index (κ1) is 18.5. The van der Waals surface area contributed by atoms with Gasteiger partial charge in [-0.1, -0.05) is 0 Å². The molecule has 2 N–H and O–H groups in total. The Morgan fingerprint density at radius 1 is 0.656 bits per heavy atom. The van der Waals surface area contributed by atoms with Crippen LogP contribution in [-0.4, -0.2) is 57.2 Å². The molecule has 2 fully saturated rings. The SMILES string of the molecule is CN1CC2c3cc4ccc(cc5nc(cc6ccc(cc(n3)C2O1)[nH]6)C1ON(C)CC51)[nH]4. The summed E-state index contributed by atoms with van der Waals surface area (Å²) in [6, 6.07) is 16.8. The Morgan fingerprint density at radius 2 is 1.03 bits per heavy atom.